The minimum atomic E-state index is 0.483. The Kier molecular flexibility index (Phi) is 4.48. The van der Waals surface area contributed by atoms with E-state index in [1.165, 1.54) is 51.4 Å². The van der Waals surface area contributed by atoms with E-state index >= 15 is 0 Å². The summed E-state index contributed by atoms with van der Waals surface area (Å²) in [5.74, 6) is 0.895. The van der Waals surface area contributed by atoms with Gasteiger partial charge >= 0.3 is 0 Å². The van der Waals surface area contributed by atoms with Crippen LogP contribution in [0.5, 0.6) is 0 Å². The zero-order chi connectivity index (χ0) is 12.3. The van der Waals surface area contributed by atoms with Crippen LogP contribution in [0.3, 0.4) is 0 Å². The average molecular weight is 239 g/mol. The third-order valence-electron chi connectivity index (χ3n) is 4.66. The van der Waals surface area contributed by atoms with Crippen LogP contribution in [0.4, 0.5) is 0 Å². The Morgan fingerprint density at radius 3 is 2.00 bits per heavy atom. The van der Waals surface area contributed by atoms with Gasteiger partial charge in [0.15, 0.2) is 0 Å². The van der Waals surface area contributed by atoms with Crippen LogP contribution in [0, 0.1) is 11.3 Å². The van der Waals surface area contributed by atoms with E-state index < -0.39 is 0 Å². The number of nitrogens with one attached hydrogen (secondary N) is 1. The van der Waals surface area contributed by atoms with Crippen molar-refractivity contribution in [3.63, 3.8) is 0 Å². The van der Waals surface area contributed by atoms with Gasteiger partial charge in [0.05, 0.1) is 6.10 Å². The molecule has 0 bridgehead atoms. The van der Waals surface area contributed by atoms with E-state index in [1.807, 2.05) is 0 Å². The van der Waals surface area contributed by atoms with Crippen molar-refractivity contribution in [2.24, 2.45) is 11.3 Å². The van der Waals surface area contributed by atoms with Crippen molar-refractivity contribution >= 4 is 0 Å². The molecule has 0 aromatic carbocycles. The quantitative estimate of drug-likeness (QED) is 0.750. The topological polar surface area (TPSA) is 21.3 Å². The lowest BCUT2D eigenvalue weighted by atomic mass is 9.71. The molecule has 100 valence electrons. The van der Waals surface area contributed by atoms with Crippen LogP contribution >= 0.6 is 0 Å². The first-order chi connectivity index (χ1) is 8.05. The molecule has 0 atom stereocenters. The lowest BCUT2D eigenvalue weighted by Gasteiger charge is -2.37. The van der Waals surface area contributed by atoms with Gasteiger partial charge in [-0.15, -0.1) is 0 Å². The molecule has 2 fully saturated rings. The van der Waals surface area contributed by atoms with Crippen molar-refractivity contribution in [3.8, 4) is 0 Å². The normalized spacial score (nSPS) is 31.9. The molecule has 2 saturated carbocycles. The van der Waals surface area contributed by atoms with E-state index in [0.29, 0.717) is 17.6 Å². The van der Waals surface area contributed by atoms with Gasteiger partial charge in [-0.2, -0.15) is 5.48 Å². The molecule has 1 N–H and O–H groups in total. The summed E-state index contributed by atoms with van der Waals surface area (Å²) < 4.78 is 0. The number of hydroxylamine groups is 1. The Bertz CT molecular complexity index is 220. The van der Waals surface area contributed by atoms with Crippen LogP contribution < -0.4 is 5.48 Å². The van der Waals surface area contributed by atoms with Crippen LogP contribution in [-0.4, -0.2) is 12.1 Å². The Balaban J connectivity index is 1.65. The molecule has 0 saturated heterocycles. The molecule has 0 aliphatic heterocycles. The van der Waals surface area contributed by atoms with Crippen molar-refractivity contribution < 1.29 is 4.84 Å². The summed E-state index contributed by atoms with van der Waals surface area (Å²) in [6, 6.07) is 0.606. The van der Waals surface area contributed by atoms with Crippen LogP contribution in [0.2, 0.25) is 0 Å². The van der Waals surface area contributed by atoms with Gasteiger partial charge in [0.1, 0.15) is 0 Å². The summed E-state index contributed by atoms with van der Waals surface area (Å²) in [5, 5.41) is 0. The van der Waals surface area contributed by atoms with Crippen LogP contribution in [0.1, 0.15) is 72.1 Å². The van der Waals surface area contributed by atoms with Gasteiger partial charge in [-0.25, -0.2) is 0 Å². The third kappa shape index (κ3) is 3.96. The van der Waals surface area contributed by atoms with Crippen molar-refractivity contribution in [1.29, 1.82) is 0 Å². The fraction of sp³-hybridized carbons (Fsp3) is 1.00. The molecule has 0 radical (unpaired) electrons. The molecule has 0 heterocycles. The molecule has 2 nitrogen and oxygen atoms in total. The van der Waals surface area contributed by atoms with Crippen molar-refractivity contribution in [1.82, 2.24) is 5.48 Å². The molecule has 0 aromatic rings. The standard InChI is InChI=1S/C15H29NO/c1-15(2,3)12-8-10-13(11-9-12)16-17-14-6-4-5-7-14/h12-14,16H,4-11H2,1-3H3. The molecule has 2 aliphatic rings. The van der Waals surface area contributed by atoms with Gasteiger partial charge in [0.2, 0.25) is 0 Å². The van der Waals surface area contributed by atoms with Gasteiger partial charge in [-0.1, -0.05) is 33.6 Å². The highest BCUT2D eigenvalue weighted by Crippen LogP contribution is 2.37. The van der Waals surface area contributed by atoms with E-state index in [1.54, 1.807) is 0 Å². The predicted molar refractivity (Wildman–Crippen MR) is 71.7 cm³/mol. The fourth-order valence-electron chi connectivity index (χ4n) is 3.28. The number of hydrogen-bond acceptors (Lipinski definition) is 2. The molecule has 2 aliphatic carbocycles. The Morgan fingerprint density at radius 1 is 0.882 bits per heavy atom. The number of hydrogen-bond donors (Lipinski definition) is 1. The van der Waals surface area contributed by atoms with Gasteiger partial charge in [-0.3, -0.25) is 4.84 Å². The monoisotopic (exact) mass is 239 g/mol. The summed E-state index contributed by atoms with van der Waals surface area (Å²) in [7, 11) is 0. The summed E-state index contributed by atoms with van der Waals surface area (Å²) in [4.78, 5) is 5.81. The fourth-order valence-corrected chi connectivity index (χ4v) is 3.28. The van der Waals surface area contributed by atoms with Crippen LogP contribution in [0.25, 0.3) is 0 Å². The predicted octanol–water partition coefficient (Wildman–Crippen LogP) is 4.06. The lowest BCUT2D eigenvalue weighted by Crippen LogP contribution is -2.37. The van der Waals surface area contributed by atoms with E-state index in [9.17, 15) is 0 Å². The van der Waals surface area contributed by atoms with Crippen molar-refractivity contribution in [2.45, 2.75) is 84.3 Å². The Hall–Kier alpha value is -0.0800. The lowest BCUT2D eigenvalue weighted by molar-refractivity contribution is -0.0511. The first-order valence-electron chi connectivity index (χ1n) is 7.47. The molecule has 17 heavy (non-hydrogen) atoms. The smallest absolute Gasteiger partial charge is 0.0790 e. The maximum Gasteiger partial charge on any atom is 0.0790 e. The van der Waals surface area contributed by atoms with E-state index in [0.717, 1.165) is 5.92 Å². The average Bonchev–Trinajstić information content (AvgIpc) is 2.78. The van der Waals surface area contributed by atoms with Gasteiger partial charge in [0.25, 0.3) is 0 Å². The minimum absolute atomic E-state index is 0.483. The first kappa shape index (κ1) is 13.4. The maximum atomic E-state index is 5.81. The summed E-state index contributed by atoms with van der Waals surface area (Å²) in [5.41, 5.74) is 3.82. The molecule has 0 aromatic heterocycles. The maximum absolute atomic E-state index is 5.81. The second-order valence-corrected chi connectivity index (χ2v) is 7.06. The van der Waals surface area contributed by atoms with E-state index in [4.69, 9.17) is 4.84 Å². The highest BCUT2D eigenvalue weighted by Gasteiger charge is 2.30. The van der Waals surface area contributed by atoms with Crippen molar-refractivity contribution in [3.05, 3.63) is 0 Å². The first-order valence-corrected chi connectivity index (χ1v) is 7.47. The summed E-state index contributed by atoms with van der Waals surface area (Å²) >= 11 is 0. The summed E-state index contributed by atoms with van der Waals surface area (Å²) in [6.07, 6.45) is 11.0. The van der Waals surface area contributed by atoms with Crippen molar-refractivity contribution in [2.75, 3.05) is 0 Å². The van der Waals surface area contributed by atoms with Gasteiger partial charge in [0, 0.05) is 6.04 Å². The highest BCUT2D eigenvalue weighted by atomic mass is 16.7. The zero-order valence-electron chi connectivity index (χ0n) is 11.8. The second-order valence-electron chi connectivity index (χ2n) is 7.06. The molecule has 0 unspecified atom stereocenters. The molecule has 2 heteroatoms. The van der Waals surface area contributed by atoms with E-state index in [2.05, 4.69) is 26.3 Å². The molecule has 0 spiro atoms. The van der Waals surface area contributed by atoms with Gasteiger partial charge in [-0.05, 0) is 49.9 Å². The number of rotatable bonds is 3. The molecular formula is C15H29NO. The summed E-state index contributed by atoms with van der Waals surface area (Å²) in [6.45, 7) is 7.13. The molecular weight excluding hydrogens is 210 g/mol. The van der Waals surface area contributed by atoms with E-state index in [-0.39, 0.29) is 0 Å². The SMILES string of the molecule is CC(C)(C)C1CCC(NOC2CCCC2)CC1. The molecule has 0 amide bonds. The largest absolute Gasteiger partial charge is 0.298 e. The van der Waals surface area contributed by atoms with Gasteiger partial charge < -0.3 is 0 Å². The second kappa shape index (κ2) is 5.71. The van der Waals surface area contributed by atoms with Crippen LogP contribution in [-0.2, 0) is 4.84 Å². The minimum Gasteiger partial charge on any atom is -0.298 e. The van der Waals surface area contributed by atoms with Crippen LogP contribution in [0.15, 0.2) is 0 Å². The molecule has 2 rings (SSSR count). The Labute approximate surface area is 106 Å². The highest BCUT2D eigenvalue weighted by molar-refractivity contribution is 4.82. The Morgan fingerprint density at radius 2 is 1.47 bits per heavy atom. The third-order valence-corrected chi connectivity index (χ3v) is 4.66. The zero-order valence-corrected chi connectivity index (χ0v) is 11.8.